The second-order valence-corrected chi connectivity index (χ2v) is 10.9. The molecule has 2 aromatic heterocycles. The molecule has 1 N–H and O–H groups in total. The van der Waals surface area contributed by atoms with Crippen LogP contribution >= 0.6 is 22.7 Å². The van der Waals surface area contributed by atoms with Gasteiger partial charge in [-0.1, -0.05) is 42.5 Å². The molecule has 40 heavy (non-hydrogen) atoms. The van der Waals surface area contributed by atoms with Gasteiger partial charge >= 0.3 is 5.97 Å². The highest BCUT2D eigenvalue weighted by molar-refractivity contribution is 7.21. The number of rotatable bonds is 7. The van der Waals surface area contributed by atoms with Crippen molar-refractivity contribution in [3.05, 3.63) is 95.9 Å². The van der Waals surface area contributed by atoms with Gasteiger partial charge in [0.2, 0.25) is 0 Å². The molecule has 0 bridgehead atoms. The number of anilines is 1. The number of thiazole rings is 2. The number of aromatic nitrogens is 2. The zero-order chi connectivity index (χ0) is 27.6. The van der Waals surface area contributed by atoms with E-state index in [1.54, 1.807) is 31.4 Å². The van der Waals surface area contributed by atoms with E-state index in [9.17, 15) is 9.59 Å². The Bertz CT molecular complexity index is 1820. The average Bonchev–Trinajstić information content (AvgIpc) is 3.64. The summed E-state index contributed by atoms with van der Waals surface area (Å²) in [5.41, 5.74) is 3.75. The van der Waals surface area contributed by atoms with Crippen molar-refractivity contribution in [3.8, 4) is 27.6 Å². The molecule has 7 nitrogen and oxygen atoms in total. The van der Waals surface area contributed by atoms with Gasteiger partial charge in [0.1, 0.15) is 10.8 Å². The van der Waals surface area contributed by atoms with Crippen molar-refractivity contribution in [1.29, 1.82) is 0 Å². The molecule has 2 heterocycles. The van der Waals surface area contributed by atoms with Gasteiger partial charge in [0, 0.05) is 21.9 Å². The lowest BCUT2D eigenvalue weighted by Gasteiger charge is -2.14. The van der Waals surface area contributed by atoms with Crippen LogP contribution in [0.15, 0.2) is 90.3 Å². The van der Waals surface area contributed by atoms with Crippen LogP contribution in [0.25, 0.3) is 42.8 Å². The van der Waals surface area contributed by atoms with Crippen LogP contribution in [0.3, 0.4) is 0 Å². The summed E-state index contributed by atoms with van der Waals surface area (Å²) in [4.78, 5) is 35.6. The Balaban J connectivity index is 1.21. The second-order valence-electron chi connectivity index (χ2n) is 9.00. The first-order valence-electron chi connectivity index (χ1n) is 12.5. The summed E-state index contributed by atoms with van der Waals surface area (Å²) in [6, 6.07) is 26.8. The maximum atomic E-state index is 13.4. The summed E-state index contributed by atoms with van der Waals surface area (Å²) in [6.07, 6.45) is -1.04. The Kier molecular flexibility index (Phi) is 6.98. The molecule has 0 radical (unpaired) electrons. The van der Waals surface area contributed by atoms with Crippen LogP contribution in [-0.4, -0.2) is 35.1 Å². The van der Waals surface area contributed by atoms with Gasteiger partial charge in [0.15, 0.2) is 11.2 Å². The Hall–Kier alpha value is -4.60. The molecule has 6 rings (SSSR count). The van der Waals surface area contributed by atoms with E-state index < -0.39 is 18.0 Å². The summed E-state index contributed by atoms with van der Waals surface area (Å²) in [5.74, 6) is -0.294. The number of methoxy groups -OCH3 is 1. The molecule has 0 aliphatic carbocycles. The third-order valence-electron chi connectivity index (χ3n) is 6.42. The number of nitrogens with zero attached hydrogens (tertiary/aromatic N) is 2. The summed E-state index contributed by atoms with van der Waals surface area (Å²) in [7, 11) is 1.61. The predicted octanol–water partition coefficient (Wildman–Crippen LogP) is 7.43. The zero-order valence-corrected chi connectivity index (χ0v) is 23.2. The topological polar surface area (TPSA) is 90.4 Å². The Labute approximate surface area is 238 Å². The van der Waals surface area contributed by atoms with Crippen molar-refractivity contribution in [1.82, 2.24) is 9.97 Å². The van der Waals surface area contributed by atoms with E-state index in [-0.39, 0.29) is 0 Å². The molecular weight excluding hydrogens is 542 g/mol. The van der Waals surface area contributed by atoms with E-state index in [0.29, 0.717) is 10.7 Å². The second kappa shape index (κ2) is 10.9. The lowest BCUT2D eigenvalue weighted by atomic mass is 9.99. The van der Waals surface area contributed by atoms with E-state index in [0.717, 1.165) is 48.6 Å². The number of nitrogens with one attached hydrogen (secondary N) is 1. The summed E-state index contributed by atoms with van der Waals surface area (Å²) in [5, 5.41) is 7.47. The van der Waals surface area contributed by atoms with Crippen molar-refractivity contribution >= 4 is 60.7 Å². The molecular formula is C31H23N3O4S2. The molecule has 198 valence electrons. The number of amides is 1. The summed E-state index contributed by atoms with van der Waals surface area (Å²) >= 11 is 2.87. The van der Waals surface area contributed by atoms with Crippen LogP contribution in [0.4, 0.5) is 5.13 Å². The van der Waals surface area contributed by atoms with Crippen molar-refractivity contribution in [2.24, 2.45) is 0 Å². The maximum absolute atomic E-state index is 13.4. The number of para-hydroxylation sites is 1. The lowest BCUT2D eigenvalue weighted by molar-refractivity contribution is -0.123. The van der Waals surface area contributed by atoms with Crippen LogP contribution in [0, 0.1) is 0 Å². The molecule has 6 aromatic rings. The van der Waals surface area contributed by atoms with Gasteiger partial charge in [-0.15, -0.1) is 22.7 Å². The number of hydrogen-bond acceptors (Lipinski definition) is 8. The van der Waals surface area contributed by atoms with E-state index in [2.05, 4.69) is 10.3 Å². The summed E-state index contributed by atoms with van der Waals surface area (Å²) in [6.45, 7) is 1.55. The predicted molar refractivity (Wildman–Crippen MR) is 160 cm³/mol. The van der Waals surface area contributed by atoms with E-state index in [4.69, 9.17) is 14.5 Å². The number of esters is 1. The minimum atomic E-state index is -1.04. The van der Waals surface area contributed by atoms with Gasteiger partial charge in [-0.3, -0.25) is 10.1 Å². The minimum Gasteiger partial charge on any atom is -0.497 e. The van der Waals surface area contributed by atoms with Crippen molar-refractivity contribution < 1.29 is 19.1 Å². The third kappa shape index (κ3) is 5.04. The van der Waals surface area contributed by atoms with Gasteiger partial charge in [0.05, 0.1) is 28.6 Å². The molecule has 0 aliphatic heterocycles. The molecule has 9 heteroatoms. The standard InChI is InChI=1S/C31H23N3O4S2/c1-18(28(35)34-31-33-25(17-39-31)19-13-15-21(37-2)16-14-19)38-30(36)23-10-6-8-20-7-5-9-22(27(20)23)29-32-24-11-3-4-12-26(24)40-29/h3-18H,1-2H3,(H,33,34,35). The van der Waals surface area contributed by atoms with Crippen molar-refractivity contribution in [2.75, 3.05) is 12.4 Å². The highest BCUT2D eigenvalue weighted by Gasteiger charge is 2.23. The SMILES string of the molecule is COc1ccc(-c2csc(NC(=O)C(C)OC(=O)c3cccc4cccc(-c5nc6ccccc6s5)c34)n2)cc1. The smallest absolute Gasteiger partial charge is 0.339 e. The molecule has 0 saturated carbocycles. The van der Waals surface area contributed by atoms with E-state index in [1.165, 1.54) is 11.3 Å². The van der Waals surface area contributed by atoms with Crippen molar-refractivity contribution in [3.63, 3.8) is 0 Å². The number of carbonyl (C=O) groups is 2. The molecule has 1 amide bonds. The number of fused-ring (bicyclic) bond motifs is 2. The summed E-state index contributed by atoms with van der Waals surface area (Å²) < 4.78 is 11.9. The molecule has 1 atom stereocenters. The first-order valence-corrected chi connectivity index (χ1v) is 14.2. The van der Waals surface area contributed by atoms with Gasteiger partial charge in [-0.25, -0.2) is 14.8 Å². The quantitative estimate of drug-likeness (QED) is 0.202. The zero-order valence-electron chi connectivity index (χ0n) is 21.6. The Morgan fingerprint density at radius 2 is 1.68 bits per heavy atom. The van der Waals surface area contributed by atoms with Gasteiger partial charge < -0.3 is 9.47 Å². The number of benzene rings is 4. The van der Waals surface area contributed by atoms with Crippen LogP contribution in [-0.2, 0) is 9.53 Å². The van der Waals surface area contributed by atoms with Crippen LogP contribution < -0.4 is 10.1 Å². The fourth-order valence-corrected chi connectivity index (χ4v) is 6.11. The van der Waals surface area contributed by atoms with Crippen LogP contribution in [0.1, 0.15) is 17.3 Å². The molecule has 1 unspecified atom stereocenters. The van der Waals surface area contributed by atoms with Gasteiger partial charge in [-0.05, 0) is 54.8 Å². The third-order valence-corrected chi connectivity index (χ3v) is 8.25. The maximum Gasteiger partial charge on any atom is 0.339 e. The van der Waals surface area contributed by atoms with Crippen molar-refractivity contribution in [2.45, 2.75) is 13.0 Å². The Morgan fingerprint density at radius 3 is 2.45 bits per heavy atom. The first-order chi connectivity index (χ1) is 19.5. The van der Waals surface area contributed by atoms with Gasteiger partial charge in [-0.2, -0.15) is 0 Å². The van der Waals surface area contributed by atoms with E-state index in [1.807, 2.05) is 84.2 Å². The first kappa shape index (κ1) is 25.7. The Morgan fingerprint density at radius 1 is 0.900 bits per heavy atom. The fraction of sp³-hybridized carbons (Fsp3) is 0.0968. The van der Waals surface area contributed by atoms with Crippen LogP contribution in [0.5, 0.6) is 5.75 Å². The number of carbonyl (C=O) groups excluding carboxylic acids is 2. The normalized spacial score (nSPS) is 11.8. The molecule has 0 fully saturated rings. The molecule has 0 spiro atoms. The molecule has 0 aliphatic rings. The monoisotopic (exact) mass is 565 g/mol. The molecule has 4 aromatic carbocycles. The van der Waals surface area contributed by atoms with Crippen LogP contribution in [0.2, 0.25) is 0 Å². The number of hydrogen-bond donors (Lipinski definition) is 1. The van der Waals surface area contributed by atoms with E-state index >= 15 is 0 Å². The largest absolute Gasteiger partial charge is 0.497 e. The lowest BCUT2D eigenvalue weighted by Crippen LogP contribution is -2.30. The molecule has 0 saturated heterocycles. The average molecular weight is 566 g/mol. The fourth-order valence-electron chi connectivity index (χ4n) is 4.39. The highest BCUT2D eigenvalue weighted by Crippen LogP contribution is 2.36. The minimum absolute atomic E-state index is 0.378. The van der Waals surface area contributed by atoms with Gasteiger partial charge in [0.25, 0.3) is 5.91 Å². The highest BCUT2D eigenvalue weighted by atomic mass is 32.1. The number of ether oxygens (including phenoxy) is 2.